The molecule has 21 heavy (non-hydrogen) atoms. The van der Waals surface area contributed by atoms with Crippen LogP contribution < -0.4 is 5.32 Å². The highest BCUT2D eigenvalue weighted by atomic mass is 35.5. The monoisotopic (exact) mass is 301 g/mol. The molecule has 0 saturated heterocycles. The van der Waals surface area contributed by atoms with E-state index in [2.05, 4.69) is 18.3 Å². The lowest BCUT2D eigenvalue weighted by Crippen LogP contribution is -2.23. The van der Waals surface area contributed by atoms with E-state index in [1.54, 1.807) is 0 Å². The highest BCUT2D eigenvalue weighted by Crippen LogP contribution is 2.17. The normalized spacial score (nSPS) is 10.4. The largest absolute Gasteiger partial charge is 0.352 e. The summed E-state index contributed by atoms with van der Waals surface area (Å²) in [6.07, 6.45) is 1.19. The van der Waals surface area contributed by atoms with Gasteiger partial charge in [0.15, 0.2) is 0 Å². The van der Waals surface area contributed by atoms with E-state index in [4.69, 9.17) is 11.6 Å². The number of amides is 1. The van der Waals surface area contributed by atoms with Crippen LogP contribution in [0.1, 0.15) is 28.7 Å². The molecule has 2 nitrogen and oxygen atoms in total. The van der Waals surface area contributed by atoms with Gasteiger partial charge in [0.1, 0.15) is 0 Å². The first-order chi connectivity index (χ1) is 10.1. The van der Waals surface area contributed by atoms with Gasteiger partial charge in [0.05, 0.1) is 0 Å². The fourth-order valence-electron chi connectivity index (χ4n) is 2.14. The third-order valence-electron chi connectivity index (χ3n) is 3.61. The number of hydrogen-bond acceptors (Lipinski definition) is 1. The molecule has 2 aromatic rings. The van der Waals surface area contributed by atoms with Crippen LogP contribution in [0.15, 0.2) is 42.5 Å². The molecule has 0 radical (unpaired) electrons. The lowest BCUT2D eigenvalue weighted by Gasteiger charge is -2.08. The van der Waals surface area contributed by atoms with Gasteiger partial charge in [-0.15, -0.1) is 0 Å². The second-order valence-corrected chi connectivity index (χ2v) is 5.69. The molecule has 0 spiro atoms. The molecule has 3 heteroatoms. The maximum atomic E-state index is 11.9. The molecule has 0 bridgehead atoms. The predicted molar refractivity (Wildman–Crippen MR) is 87.5 cm³/mol. The highest BCUT2D eigenvalue weighted by molar-refractivity contribution is 6.31. The van der Waals surface area contributed by atoms with Crippen molar-refractivity contribution in [3.8, 4) is 0 Å². The maximum absolute atomic E-state index is 11.9. The summed E-state index contributed by atoms with van der Waals surface area (Å²) >= 11 is 6.09. The minimum Gasteiger partial charge on any atom is -0.352 e. The summed E-state index contributed by atoms with van der Waals surface area (Å²) in [7, 11) is 0. The Bertz CT molecular complexity index is 637. The lowest BCUT2D eigenvalue weighted by molar-refractivity contribution is -0.121. The Labute approximate surface area is 131 Å². The molecule has 0 aliphatic carbocycles. The second-order valence-electron chi connectivity index (χ2n) is 5.29. The number of benzene rings is 2. The predicted octanol–water partition coefficient (Wildman–Crippen LogP) is 4.21. The van der Waals surface area contributed by atoms with E-state index in [1.807, 2.05) is 43.3 Å². The SMILES string of the molecule is Cc1ccc(CCC(=O)NCc2ccccc2C)cc1Cl. The van der Waals surface area contributed by atoms with Gasteiger partial charge in [0.2, 0.25) is 5.91 Å². The molecule has 2 aromatic carbocycles. The van der Waals surface area contributed by atoms with E-state index < -0.39 is 0 Å². The Morgan fingerprint density at radius 1 is 1.10 bits per heavy atom. The summed E-state index contributed by atoms with van der Waals surface area (Å²) in [6.45, 7) is 4.61. The van der Waals surface area contributed by atoms with Crippen molar-refractivity contribution in [3.63, 3.8) is 0 Å². The number of halogens is 1. The Kier molecular flexibility index (Phi) is 5.40. The standard InChI is InChI=1S/C18H20ClNO/c1-13-5-3-4-6-16(13)12-20-18(21)10-9-15-8-7-14(2)17(19)11-15/h3-8,11H,9-10,12H2,1-2H3,(H,20,21). The quantitative estimate of drug-likeness (QED) is 0.881. The highest BCUT2D eigenvalue weighted by Gasteiger charge is 2.05. The molecule has 0 atom stereocenters. The minimum absolute atomic E-state index is 0.0648. The fourth-order valence-corrected chi connectivity index (χ4v) is 2.34. The number of aryl methyl sites for hydroxylation is 3. The number of carbonyl (C=O) groups is 1. The maximum Gasteiger partial charge on any atom is 0.220 e. The molecule has 110 valence electrons. The van der Waals surface area contributed by atoms with Crippen LogP contribution in [0.3, 0.4) is 0 Å². The number of rotatable bonds is 5. The Morgan fingerprint density at radius 3 is 2.57 bits per heavy atom. The van der Waals surface area contributed by atoms with Crippen molar-refractivity contribution in [2.45, 2.75) is 33.2 Å². The van der Waals surface area contributed by atoms with Crippen molar-refractivity contribution in [1.29, 1.82) is 0 Å². The van der Waals surface area contributed by atoms with Crippen LogP contribution in [-0.2, 0) is 17.8 Å². The van der Waals surface area contributed by atoms with Crippen LogP contribution in [0.5, 0.6) is 0 Å². The van der Waals surface area contributed by atoms with Crippen LogP contribution in [0.25, 0.3) is 0 Å². The fraction of sp³-hybridized carbons (Fsp3) is 0.278. The zero-order valence-electron chi connectivity index (χ0n) is 12.4. The van der Waals surface area contributed by atoms with Gasteiger partial charge in [-0.25, -0.2) is 0 Å². The van der Waals surface area contributed by atoms with Crippen molar-refractivity contribution in [1.82, 2.24) is 5.32 Å². The van der Waals surface area contributed by atoms with E-state index in [0.29, 0.717) is 19.4 Å². The molecule has 0 unspecified atom stereocenters. The van der Waals surface area contributed by atoms with E-state index in [1.165, 1.54) is 5.56 Å². The van der Waals surface area contributed by atoms with E-state index in [0.717, 1.165) is 21.7 Å². The lowest BCUT2D eigenvalue weighted by atomic mass is 10.1. The average molecular weight is 302 g/mol. The molecule has 0 saturated carbocycles. The molecule has 1 N–H and O–H groups in total. The Morgan fingerprint density at radius 2 is 1.86 bits per heavy atom. The van der Waals surface area contributed by atoms with Crippen LogP contribution in [0.4, 0.5) is 0 Å². The summed E-state index contributed by atoms with van der Waals surface area (Å²) in [5, 5.41) is 3.72. The van der Waals surface area contributed by atoms with Crippen LogP contribution in [0.2, 0.25) is 5.02 Å². The van der Waals surface area contributed by atoms with Crippen LogP contribution >= 0.6 is 11.6 Å². The van der Waals surface area contributed by atoms with Crippen molar-refractivity contribution >= 4 is 17.5 Å². The summed E-state index contributed by atoms with van der Waals surface area (Å²) in [4.78, 5) is 11.9. The molecule has 0 aliphatic heterocycles. The second kappa shape index (κ2) is 7.28. The van der Waals surface area contributed by atoms with Crippen molar-refractivity contribution in [2.24, 2.45) is 0 Å². The Hall–Kier alpha value is -1.80. The minimum atomic E-state index is 0.0648. The molecule has 2 rings (SSSR count). The van der Waals surface area contributed by atoms with Gasteiger partial charge < -0.3 is 5.32 Å². The first-order valence-corrected chi connectivity index (χ1v) is 7.50. The van der Waals surface area contributed by atoms with Crippen molar-refractivity contribution < 1.29 is 4.79 Å². The summed E-state index contributed by atoms with van der Waals surface area (Å²) < 4.78 is 0. The molecule has 0 fully saturated rings. The first kappa shape index (κ1) is 15.6. The smallest absolute Gasteiger partial charge is 0.220 e. The topological polar surface area (TPSA) is 29.1 Å². The molecular weight excluding hydrogens is 282 g/mol. The van der Waals surface area contributed by atoms with E-state index in [9.17, 15) is 4.79 Å². The summed E-state index contributed by atoms with van der Waals surface area (Å²) in [6, 6.07) is 14.0. The van der Waals surface area contributed by atoms with Gasteiger partial charge in [0.25, 0.3) is 0 Å². The molecule has 0 aliphatic rings. The van der Waals surface area contributed by atoms with Crippen molar-refractivity contribution in [3.05, 3.63) is 69.7 Å². The summed E-state index contributed by atoms with van der Waals surface area (Å²) in [5.74, 6) is 0.0648. The first-order valence-electron chi connectivity index (χ1n) is 7.12. The van der Waals surface area contributed by atoms with Gasteiger partial charge in [-0.2, -0.15) is 0 Å². The average Bonchev–Trinajstić information content (AvgIpc) is 2.47. The summed E-state index contributed by atoms with van der Waals surface area (Å²) in [5.41, 5.74) is 4.51. The molecule has 0 aromatic heterocycles. The van der Waals surface area contributed by atoms with Gasteiger partial charge in [-0.05, 0) is 48.6 Å². The van der Waals surface area contributed by atoms with Gasteiger partial charge in [0, 0.05) is 18.0 Å². The third kappa shape index (κ3) is 4.61. The van der Waals surface area contributed by atoms with Crippen LogP contribution in [-0.4, -0.2) is 5.91 Å². The van der Waals surface area contributed by atoms with Gasteiger partial charge >= 0.3 is 0 Å². The Balaban J connectivity index is 1.82. The number of nitrogens with one attached hydrogen (secondary N) is 1. The van der Waals surface area contributed by atoms with Crippen LogP contribution in [0, 0.1) is 13.8 Å². The molecule has 0 heterocycles. The zero-order valence-corrected chi connectivity index (χ0v) is 13.2. The van der Waals surface area contributed by atoms with E-state index in [-0.39, 0.29) is 5.91 Å². The molecular formula is C18H20ClNO. The van der Waals surface area contributed by atoms with Gasteiger partial charge in [-0.1, -0.05) is 48.0 Å². The van der Waals surface area contributed by atoms with Gasteiger partial charge in [-0.3, -0.25) is 4.79 Å². The van der Waals surface area contributed by atoms with E-state index >= 15 is 0 Å². The zero-order chi connectivity index (χ0) is 15.2. The molecule has 1 amide bonds. The van der Waals surface area contributed by atoms with Crippen molar-refractivity contribution in [2.75, 3.05) is 0 Å². The number of hydrogen-bond donors (Lipinski definition) is 1. The number of carbonyl (C=O) groups excluding carboxylic acids is 1. The third-order valence-corrected chi connectivity index (χ3v) is 4.02.